The predicted octanol–water partition coefficient (Wildman–Crippen LogP) is 2.38. The van der Waals surface area contributed by atoms with E-state index in [4.69, 9.17) is 4.42 Å². The van der Waals surface area contributed by atoms with E-state index in [0.29, 0.717) is 19.6 Å². The van der Waals surface area contributed by atoms with E-state index < -0.39 is 0 Å². The molecule has 2 heterocycles. The number of hydrogen-bond donors (Lipinski definition) is 1. The number of ketones is 1. The molecule has 0 unspecified atom stereocenters. The first-order valence-electron chi connectivity index (χ1n) is 7.53. The molecule has 0 bridgehead atoms. The van der Waals surface area contributed by atoms with Gasteiger partial charge < -0.3 is 9.73 Å². The molecule has 1 aromatic carbocycles. The van der Waals surface area contributed by atoms with Crippen molar-refractivity contribution in [3.8, 4) is 0 Å². The van der Waals surface area contributed by atoms with E-state index in [9.17, 15) is 4.79 Å². The van der Waals surface area contributed by atoms with Crippen molar-refractivity contribution in [2.45, 2.75) is 13.1 Å². The second-order valence-electron chi connectivity index (χ2n) is 5.49. The fraction of sp³-hybridized carbons (Fsp3) is 0.278. The summed E-state index contributed by atoms with van der Waals surface area (Å²) >= 11 is 0. The third kappa shape index (κ3) is 3.93. The second kappa shape index (κ2) is 7.20. The van der Waals surface area contributed by atoms with Crippen LogP contribution in [0.1, 0.15) is 11.3 Å². The summed E-state index contributed by atoms with van der Waals surface area (Å²) in [5.74, 6) is 1.09. The number of carbonyl (C=O) groups is 1. The van der Waals surface area contributed by atoms with Crippen LogP contribution in [0.2, 0.25) is 0 Å². The number of furan rings is 1. The number of nitrogens with zero attached hydrogens (tertiary/aromatic N) is 1. The van der Waals surface area contributed by atoms with Crippen LogP contribution in [-0.4, -0.2) is 30.3 Å². The zero-order valence-electron chi connectivity index (χ0n) is 12.5. The summed E-state index contributed by atoms with van der Waals surface area (Å²) in [7, 11) is 0. The molecule has 4 heteroatoms. The molecular formula is C18H20N2O2. The number of nitrogens with one attached hydrogen (secondary N) is 1. The molecule has 0 radical (unpaired) electrons. The summed E-state index contributed by atoms with van der Waals surface area (Å²) in [5.41, 5.74) is 2.11. The van der Waals surface area contributed by atoms with E-state index in [2.05, 4.69) is 22.3 Å². The van der Waals surface area contributed by atoms with Gasteiger partial charge in [0.15, 0.2) is 5.78 Å². The molecule has 1 aliphatic rings. The van der Waals surface area contributed by atoms with E-state index in [1.165, 1.54) is 5.56 Å². The molecule has 1 aliphatic heterocycles. The molecular weight excluding hydrogens is 276 g/mol. The first kappa shape index (κ1) is 14.8. The SMILES string of the molecule is O=C1CN(Cc2ccccc2)CC=C1CNCc1ccco1. The quantitative estimate of drug-likeness (QED) is 0.889. The maximum absolute atomic E-state index is 12.2. The van der Waals surface area contributed by atoms with Gasteiger partial charge in [0.05, 0.1) is 19.4 Å². The first-order chi connectivity index (χ1) is 10.8. The highest BCUT2D eigenvalue weighted by Crippen LogP contribution is 2.11. The van der Waals surface area contributed by atoms with Gasteiger partial charge in [0, 0.05) is 25.2 Å². The van der Waals surface area contributed by atoms with Gasteiger partial charge in [0.1, 0.15) is 5.76 Å². The molecule has 1 N–H and O–H groups in total. The number of benzene rings is 1. The fourth-order valence-electron chi connectivity index (χ4n) is 2.59. The van der Waals surface area contributed by atoms with Gasteiger partial charge in [-0.3, -0.25) is 9.69 Å². The van der Waals surface area contributed by atoms with E-state index in [-0.39, 0.29) is 5.78 Å². The van der Waals surface area contributed by atoms with Crippen molar-refractivity contribution >= 4 is 5.78 Å². The van der Waals surface area contributed by atoms with Gasteiger partial charge in [-0.2, -0.15) is 0 Å². The van der Waals surface area contributed by atoms with Crippen LogP contribution in [0.25, 0.3) is 0 Å². The highest BCUT2D eigenvalue weighted by atomic mass is 16.3. The van der Waals surface area contributed by atoms with E-state index >= 15 is 0 Å². The lowest BCUT2D eigenvalue weighted by molar-refractivity contribution is -0.117. The Morgan fingerprint density at radius 2 is 1.95 bits per heavy atom. The molecule has 0 spiro atoms. The Bertz CT molecular complexity index is 632. The Labute approximate surface area is 130 Å². The van der Waals surface area contributed by atoms with Crippen molar-refractivity contribution in [3.63, 3.8) is 0 Å². The van der Waals surface area contributed by atoms with Gasteiger partial charge in [-0.05, 0) is 17.7 Å². The van der Waals surface area contributed by atoms with Crippen LogP contribution in [0, 0.1) is 0 Å². The Morgan fingerprint density at radius 1 is 1.09 bits per heavy atom. The maximum Gasteiger partial charge on any atom is 0.173 e. The molecule has 0 fully saturated rings. The minimum absolute atomic E-state index is 0.203. The Kier molecular flexibility index (Phi) is 4.83. The maximum atomic E-state index is 12.2. The van der Waals surface area contributed by atoms with Crippen LogP contribution in [0.5, 0.6) is 0 Å². The van der Waals surface area contributed by atoms with E-state index in [0.717, 1.165) is 24.4 Å². The van der Waals surface area contributed by atoms with Gasteiger partial charge >= 0.3 is 0 Å². The van der Waals surface area contributed by atoms with Gasteiger partial charge in [-0.1, -0.05) is 36.4 Å². The van der Waals surface area contributed by atoms with Crippen LogP contribution in [0.15, 0.2) is 64.8 Å². The monoisotopic (exact) mass is 296 g/mol. The first-order valence-corrected chi connectivity index (χ1v) is 7.53. The molecule has 22 heavy (non-hydrogen) atoms. The summed E-state index contributed by atoms with van der Waals surface area (Å²) in [6, 6.07) is 14.0. The Morgan fingerprint density at radius 3 is 2.68 bits per heavy atom. The molecule has 114 valence electrons. The van der Waals surface area contributed by atoms with Gasteiger partial charge in [0.25, 0.3) is 0 Å². The van der Waals surface area contributed by atoms with Crippen LogP contribution in [0.3, 0.4) is 0 Å². The van der Waals surface area contributed by atoms with Crippen molar-refractivity contribution in [1.29, 1.82) is 0 Å². The zero-order chi connectivity index (χ0) is 15.2. The molecule has 4 nitrogen and oxygen atoms in total. The second-order valence-corrected chi connectivity index (χ2v) is 5.49. The highest BCUT2D eigenvalue weighted by Gasteiger charge is 2.19. The number of rotatable bonds is 6. The van der Waals surface area contributed by atoms with Gasteiger partial charge in [-0.15, -0.1) is 0 Å². The van der Waals surface area contributed by atoms with Crippen LogP contribution < -0.4 is 5.32 Å². The molecule has 3 rings (SSSR count). The summed E-state index contributed by atoms with van der Waals surface area (Å²) in [6.45, 7) is 3.36. The lowest BCUT2D eigenvalue weighted by atomic mass is 10.1. The predicted molar refractivity (Wildman–Crippen MR) is 85.2 cm³/mol. The molecule has 0 saturated heterocycles. The molecule has 0 atom stereocenters. The number of carbonyl (C=O) groups excluding carboxylic acids is 1. The summed E-state index contributed by atoms with van der Waals surface area (Å²) < 4.78 is 5.26. The van der Waals surface area contributed by atoms with E-state index in [1.807, 2.05) is 36.4 Å². The Hall–Kier alpha value is -2.17. The standard InChI is InChI=1S/C18H20N2O2/c21-18-14-20(13-15-5-2-1-3-6-15)9-8-16(18)11-19-12-17-7-4-10-22-17/h1-8,10,19H,9,11-14H2. The van der Waals surface area contributed by atoms with Gasteiger partial charge in [0.2, 0.25) is 0 Å². The van der Waals surface area contributed by atoms with Crippen LogP contribution in [-0.2, 0) is 17.9 Å². The number of hydrogen-bond acceptors (Lipinski definition) is 4. The third-order valence-electron chi connectivity index (χ3n) is 3.77. The molecule has 1 aromatic heterocycles. The summed E-state index contributed by atoms with van der Waals surface area (Å²) in [6.07, 6.45) is 3.69. The lowest BCUT2D eigenvalue weighted by Crippen LogP contribution is -2.37. The zero-order valence-corrected chi connectivity index (χ0v) is 12.5. The fourth-order valence-corrected chi connectivity index (χ4v) is 2.59. The smallest absolute Gasteiger partial charge is 0.173 e. The molecule has 0 aliphatic carbocycles. The average molecular weight is 296 g/mol. The highest BCUT2D eigenvalue weighted by molar-refractivity contribution is 5.98. The normalized spacial score (nSPS) is 15.8. The van der Waals surface area contributed by atoms with Crippen molar-refractivity contribution < 1.29 is 9.21 Å². The van der Waals surface area contributed by atoms with Crippen molar-refractivity contribution in [3.05, 3.63) is 71.7 Å². The van der Waals surface area contributed by atoms with Crippen LogP contribution in [0.4, 0.5) is 0 Å². The summed E-state index contributed by atoms with van der Waals surface area (Å²) in [4.78, 5) is 14.4. The topological polar surface area (TPSA) is 45.5 Å². The van der Waals surface area contributed by atoms with Crippen molar-refractivity contribution in [1.82, 2.24) is 10.2 Å². The Balaban J connectivity index is 1.49. The van der Waals surface area contributed by atoms with Crippen LogP contribution >= 0.6 is 0 Å². The average Bonchev–Trinajstić information content (AvgIpc) is 3.04. The minimum atomic E-state index is 0.203. The molecule has 2 aromatic rings. The molecule has 0 saturated carbocycles. The lowest BCUT2D eigenvalue weighted by Gasteiger charge is -2.25. The van der Waals surface area contributed by atoms with Gasteiger partial charge in [-0.25, -0.2) is 0 Å². The van der Waals surface area contributed by atoms with Crippen molar-refractivity contribution in [2.75, 3.05) is 19.6 Å². The summed E-state index contributed by atoms with van der Waals surface area (Å²) in [5, 5.41) is 3.25. The largest absolute Gasteiger partial charge is 0.468 e. The minimum Gasteiger partial charge on any atom is -0.468 e. The van der Waals surface area contributed by atoms with Crippen molar-refractivity contribution in [2.24, 2.45) is 0 Å². The third-order valence-corrected chi connectivity index (χ3v) is 3.77. The molecule has 0 amide bonds. The number of Topliss-reactive ketones (excluding diaryl/α,β-unsaturated/α-hetero) is 1. The van der Waals surface area contributed by atoms with E-state index in [1.54, 1.807) is 6.26 Å².